The van der Waals surface area contributed by atoms with Crippen molar-refractivity contribution in [1.82, 2.24) is 19.9 Å². The van der Waals surface area contributed by atoms with Crippen LogP contribution in [0.25, 0.3) is 11.2 Å². The summed E-state index contributed by atoms with van der Waals surface area (Å²) in [4.78, 5) is 15.9. The van der Waals surface area contributed by atoms with Crippen LogP contribution >= 0.6 is 0 Å². The van der Waals surface area contributed by atoms with Crippen molar-refractivity contribution >= 4 is 22.0 Å². The third-order valence-electron chi connectivity index (χ3n) is 3.74. The summed E-state index contributed by atoms with van der Waals surface area (Å²) in [6, 6.07) is 3.52. The zero-order valence-electron chi connectivity index (χ0n) is 13.9. The Hall–Kier alpha value is -2.48. The highest BCUT2D eigenvalue weighted by Crippen LogP contribution is 2.25. The fraction of sp³-hybridized carbons (Fsp3) is 0.353. The summed E-state index contributed by atoms with van der Waals surface area (Å²) in [5, 5.41) is 0.367. The van der Waals surface area contributed by atoms with Gasteiger partial charge in [-0.05, 0) is 19.9 Å². The molecule has 1 unspecified atom stereocenters. The molecule has 0 saturated heterocycles. The highest BCUT2D eigenvalue weighted by Gasteiger charge is 2.16. The molecule has 3 heterocycles. The van der Waals surface area contributed by atoms with Crippen LogP contribution in [0.2, 0.25) is 0 Å². The van der Waals surface area contributed by atoms with Crippen molar-refractivity contribution in [2.75, 3.05) is 14.2 Å². The van der Waals surface area contributed by atoms with Crippen LogP contribution in [-0.4, -0.2) is 38.4 Å². The van der Waals surface area contributed by atoms with Gasteiger partial charge >= 0.3 is 0 Å². The normalized spacial score (nSPS) is 11.8. The van der Waals surface area contributed by atoms with Crippen LogP contribution in [0.15, 0.2) is 23.5 Å². The van der Waals surface area contributed by atoms with Crippen LogP contribution in [0, 0.1) is 13.8 Å². The fourth-order valence-electron chi connectivity index (χ4n) is 2.48. The molecule has 0 aliphatic carbocycles. The van der Waals surface area contributed by atoms with Crippen LogP contribution in [0.5, 0.6) is 11.6 Å². The number of aromatic amines is 1. The minimum absolute atomic E-state index is 0. The summed E-state index contributed by atoms with van der Waals surface area (Å²) in [5.41, 5.74) is 3.75. The molecular formula is C17H22N4O3S. The van der Waals surface area contributed by atoms with Gasteiger partial charge in [0.15, 0.2) is 10.8 Å². The first-order valence-corrected chi connectivity index (χ1v) is 8.63. The third-order valence-corrected chi connectivity index (χ3v) is 4.90. The van der Waals surface area contributed by atoms with Crippen molar-refractivity contribution in [3.05, 3.63) is 35.2 Å². The fourth-order valence-corrected chi connectivity index (χ4v) is 3.57. The first kappa shape index (κ1) is 18.9. The summed E-state index contributed by atoms with van der Waals surface area (Å²) in [7, 11) is 1.79. The summed E-state index contributed by atoms with van der Waals surface area (Å²) in [6.07, 6.45) is 1.73. The van der Waals surface area contributed by atoms with Crippen LogP contribution in [-0.2, 0) is 16.6 Å². The molecule has 0 aliphatic rings. The van der Waals surface area contributed by atoms with Gasteiger partial charge in [-0.3, -0.25) is 9.19 Å². The second kappa shape index (κ2) is 7.60. The smallest absolute Gasteiger partial charge is 0.215 e. The molecule has 0 saturated carbocycles. The van der Waals surface area contributed by atoms with E-state index in [0.29, 0.717) is 22.2 Å². The second-order valence-corrected chi connectivity index (χ2v) is 6.67. The van der Waals surface area contributed by atoms with E-state index < -0.39 is 10.8 Å². The maximum atomic E-state index is 12.7. The van der Waals surface area contributed by atoms with E-state index in [0.717, 1.165) is 22.6 Å². The van der Waals surface area contributed by atoms with Crippen molar-refractivity contribution in [2.45, 2.75) is 32.2 Å². The molecule has 0 fully saturated rings. The number of aromatic nitrogens is 4. The molecule has 134 valence electrons. The monoisotopic (exact) mass is 362 g/mol. The molecule has 3 aromatic rings. The van der Waals surface area contributed by atoms with E-state index in [1.807, 2.05) is 13.8 Å². The molecule has 1 atom stereocenters. The van der Waals surface area contributed by atoms with Gasteiger partial charge in [0.2, 0.25) is 5.88 Å². The maximum Gasteiger partial charge on any atom is 0.215 e. The number of rotatable bonds is 5. The Balaban J connectivity index is 0.00000225. The molecule has 0 amide bonds. The van der Waals surface area contributed by atoms with Gasteiger partial charge < -0.3 is 14.5 Å². The van der Waals surface area contributed by atoms with Crippen molar-refractivity contribution in [3.63, 3.8) is 0 Å². The quantitative estimate of drug-likeness (QED) is 0.750. The highest BCUT2D eigenvalue weighted by atomic mass is 32.2. The highest BCUT2D eigenvalue weighted by molar-refractivity contribution is 7.84. The van der Waals surface area contributed by atoms with E-state index in [4.69, 9.17) is 9.47 Å². The Bertz CT molecular complexity index is 924. The van der Waals surface area contributed by atoms with Crippen LogP contribution in [0.4, 0.5) is 0 Å². The summed E-state index contributed by atoms with van der Waals surface area (Å²) in [6.45, 7) is 3.84. The third kappa shape index (κ3) is 3.63. The number of methoxy groups -OCH3 is 2. The molecule has 3 rings (SSSR count). The number of fused-ring (bicyclic) bond motifs is 1. The van der Waals surface area contributed by atoms with Crippen molar-refractivity contribution in [3.8, 4) is 11.6 Å². The van der Waals surface area contributed by atoms with Crippen molar-refractivity contribution < 1.29 is 13.7 Å². The first-order valence-electron chi connectivity index (χ1n) is 7.31. The number of nitrogens with zero attached hydrogens (tertiary/aromatic N) is 3. The molecule has 0 aromatic carbocycles. The predicted octanol–water partition coefficient (Wildman–Crippen LogP) is 2.93. The predicted molar refractivity (Wildman–Crippen MR) is 97.5 cm³/mol. The number of pyridine rings is 2. The standard InChI is InChI=1S/C16H18N4O3S.CH4/c1-9-7-17-12(10(2)14(9)23-4)8-24(21)16-18-11-5-6-13(22-3)19-15(11)20-16;/h5-7H,8H2,1-4H3,(H,18,19,20);1H4. The molecular weight excluding hydrogens is 340 g/mol. The summed E-state index contributed by atoms with van der Waals surface area (Å²) in [5.74, 6) is 1.49. The molecule has 8 heteroatoms. The lowest BCUT2D eigenvalue weighted by Crippen LogP contribution is -2.05. The van der Waals surface area contributed by atoms with Gasteiger partial charge in [0, 0.05) is 23.4 Å². The Morgan fingerprint density at radius 3 is 2.60 bits per heavy atom. The van der Waals surface area contributed by atoms with Crippen LogP contribution in [0.3, 0.4) is 0 Å². The number of hydrogen-bond donors (Lipinski definition) is 1. The zero-order chi connectivity index (χ0) is 17.3. The SMILES string of the molecule is C.COc1ccc2[nH]c(S(=O)Cc3ncc(C)c(OC)c3C)nc2n1. The number of aryl methyl sites for hydroxylation is 1. The van der Waals surface area contributed by atoms with Gasteiger partial charge in [-0.2, -0.15) is 4.98 Å². The molecule has 3 aromatic heterocycles. The number of nitrogens with one attached hydrogen (secondary N) is 1. The number of H-pyrrole nitrogens is 1. The average Bonchev–Trinajstić information content (AvgIpc) is 3.01. The van der Waals surface area contributed by atoms with Crippen molar-refractivity contribution in [2.24, 2.45) is 0 Å². The Kier molecular flexibility index (Phi) is 5.73. The molecule has 25 heavy (non-hydrogen) atoms. The van der Waals surface area contributed by atoms with Gasteiger partial charge in [0.1, 0.15) is 5.75 Å². The zero-order valence-corrected chi connectivity index (χ0v) is 14.7. The molecule has 1 N–H and O–H groups in total. The van der Waals surface area contributed by atoms with E-state index in [-0.39, 0.29) is 13.2 Å². The molecule has 7 nitrogen and oxygen atoms in total. The largest absolute Gasteiger partial charge is 0.496 e. The van der Waals surface area contributed by atoms with E-state index in [1.165, 1.54) is 0 Å². The number of ether oxygens (including phenoxy) is 2. The molecule has 0 bridgehead atoms. The van der Waals surface area contributed by atoms with Gasteiger partial charge in [-0.1, -0.05) is 7.43 Å². The molecule has 0 radical (unpaired) electrons. The minimum Gasteiger partial charge on any atom is -0.496 e. The van der Waals surface area contributed by atoms with Gasteiger partial charge in [-0.25, -0.2) is 4.98 Å². The Labute approximate surface area is 149 Å². The summed E-state index contributed by atoms with van der Waals surface area (Å²) >= 11 is 0. The Morgan fingerprint density at radius 2 is 1.92 bits per heavy atom. The van der Waals surface area contributed by atoms with Crippen molar-refractivity contribution in [1.29, 1.82) is 0 Å². The lowest BCUT2D eigenvalue weighted by molar-refractivity contribution is 0.399. The van der Waals surface area contributed by atoms with E-state index in [1.54, 1.807) is 32.5 Å². The topological polar surface area (TPSA) is 90.0 Å². The lowest BCUT2D eigenvalue weighted by atomic mass is 10.1. The first-order chi connectivity index (χ1) is 11.5. The van der Waals surface area contributed by atoms with Gasteiger partial charge in [0.25, 0.3) is 0 Å². The summed E-state index contributed by atoms with van der Waals surface area (Å²) < 4.78 is 23.1. The van der Waals surface area contributed by atoms with Gasteiger partial charge in [0.05, 0.1) is 42.0 Å². The van der Waals surface area contributed by atoms with Gasteiger partial charge in [-0.15, -0.1) is 0 Å². The minimum atomic E-state index is -1.37. The van der Waals surface area contributed by atoms with E-state index >= 15 is 0 Å². The molecule has 0 aliphatic heterocycles. The van der Waals surface area contributed by atoms with Crippen LogP contribution < -0.4 is 9.47 Å². The van der Waals surface area contributed by atoms with Crippen LogP contribution in [0.1, 0.15) is 24.2 Å². The second-order valence-electron chi connectivity index (χ2n) is 5.30. The van der Waals surface area contributed by atoms with E-state index in [9.17, 15) is 4.21 Å². The maximum absolute atomic E-state index is 12.7. The number of imidazole rings is 1. The molecule has 0 spiro atoms. The Morgan fingerprint density at radius 1 is 1.16 bits per heavy atom. The lowest BCUT2D eigenvalue weighted by Gasteiger charge is -2.11. The average molecular weight is 362 g/mol. The van der Waals surface area contributed by atoms with E-state index in [2.05, 4.69) is 19.9 Å². The number of hydrogen-bond acceptors (Lipinski definition) is 6.